The molecule has 0 unspecified atom stereocenters. The zero-order valence-corrected chi connectivity index (χ0v) is 15.6. The summed E-state index contributed by atoms with van der Waals surface area (Å²) in [6.45, 7) is 4.07. The van der Waals surface area contributed by atoms with Crippen LogP contribution in [0.3, 0.4) is 0 Å². The van der Waals surface area contributed by atoms with Gasteiger partial charge in [0.05, 0.1) is 17.3 Å². The fraction of sp³-hybridized carbons (Fsp3) is 0.211. The summed E-state index contributed by atoms with van der Waals surface area (Å²) in [4.78, 5) is 41.2. The van der Waals surface area contributed by atoms with Crippen LogP contribution in [0.5, 0.6) is 0 Å². The van der Waals surface area contributed by atoms with Crippen molar-refractivity contribution in [2.45, 2.75) is 13.0 Å². The Morgan fingerprint density at radius 1 is 1.27 bits per heavy atom. The Bertz CT molecular complexity index is 877. The van der Waals surface area contributed by atoms with Gasteiger partial charge in [0.1, 0.15) is 6.54 Å². The van der Waals surface area contributed by atoms with E-state index in [0.717, 1.165) is 9.78 Å². The van der Waals surface area contributed by atoms with Crippen molar-refractivity contribution in [2.24, 2.45) is 0 Å². The third-order valence-electron chi connectivity index (χ3n) is 4.11. The predicted octanol–water partition coefficient (Wildman–Crippen LogP) is 3.14. The van der Waals surface area contributed by atoms with Crippen molar-refractivity contribution in [3.8, 4) is 0 Å². The van der Waals surface area contributed by atoms with Crippen LogP contribution in [0.4, 0.5) is 0 Å². The first-order chi connectivity index (χ1) is 12.5. The van der Waals surface area contributed by atoms with E-state index in [2.05, 4.69) is 6.58 Å². The van der Waals surface area contributed by atoms with E-state index in [0.29, 0.717) is 28.6 Å². The zero-order valence-electron chi connectivity index (χ0n) is 14.0. The highest BCUT2D eigenvalue weighted by Gasteiger charge is 2.33. The second-order valence-corrected chi connectivity index (χ2v) is 7.69. The van der Waals surface area contributed by atoms with Crippen molar-refractivity contribution in [1.29, 1.82) is 0 Å². The molecule has 7 heteroatoms. The largest absolute Gasteiger partial charge is 0.332 e. The Balaban J connectivity index is 1.75. The molecule has 1 aromatic carbocycles. The maximum atomic E-state index is 12.7. The molecule has 3 amide bonds. The van der Waals surface area contributed by atoms with Gasteiger partial charge in [-0.15, -0.1) is 17.9 Å². The minimum Gasteiger partial charge on any atom is -0.332 e. The van der Waals surface area contributed by atoms with Crippen molar-refractivity contribution in [3.63, 3.8) is 0 Å². The molecule has 1 aliphatic rings. The van der Waals surface area contributed by atoms with Crippen LogP contribution in [0.15, 0.2) is 49.1 Å². The number of hydrogen-bond acceptors (Lipinski definition) is 4. The lowest BCUT2D eigenvalue weighted by Gasteiger charge is -2.29. The van der Waals surface area contributed by atoms with E-state index in [-0.39, 0.29) is 24.8 Å². The van der Waals surface area contributed by atoms with Crippen LogP contribution in [0, 0.1) is 0 Å². The van der Waals surface area contributed by atoms with E-state index in [1.54, 1.807) is 41.3 Å². The van der Waals surface area contributed by atoms with Gasteiger partial charge in [-0.25, -0.2) is 0 Å². The van der Waals surface area contributed by atoms with Crippen LogP contribution in [0.25, 0.3) is 0 Å². The number of amides is 3. The topological polar surface area (TPSA) is 57.7 Å². The molecule has 26 heavy (non-hydrogen) atoms. The van der Waals surface area contributed by atoms with Crippen molar-refractivity contribution >= 4 is 40.7 Å². The minimum atomic E-state index is -0.428. The fourth-order valence-corrected chi connectivity index (χ4v) is 3.93. The molecule has 5 nitrogen and oxygen atoms in total. The second kappa shape index (κ2) is 7.85. The fourth-order valence-electron chi connectivity index (χ4n) is 2.83. The van der Waals surface area contributed by atoms with Crippen LogP contribution >= 0.6 is 22.9 Å². The van der Waals surface area contributed by atoms with E-state index in [4.69, 9.17) is 11.6 Å². The first-order valence-electron chi connectivity index (χ1n) is 8.05. The summed E-state index contributed by atoms with van der Waals surface area (Å²) in [5.41, 5.74) is 1.17. The van der Waals surface area contributed by atoms with Gasteiger partial charge in [-0.2, -0.15) is 0 Å². The maximum absolute atomic E-state index is 12.7. The molecule has 134 valence electrons. The number of carbonyl (C=O) groups excluding carboxylic acids is 3. The highest BCUT2D eigenvalue weighted by molar-refractivity contribution is 7.16. The van der Waals surface area contributed by atoms with E-state index in [1.807, 2.05) is 6.07 Å². The molecular weight excluding hydrogens is 372 g/mol. The molecule has 0 N–H and O–H groups in total. The average Bonchev–Trinajstić information content (AvgIpc) is 3.03. The van der Waals surface area contributed by atoms with Gasteiger partial charge >= 0.3 is 0 Å². The van der Waals surface area contributed by atoms with Crippen LogP contribution in [0.1, 0.15) is 20.8 Å². The average molecular weight is 389 g/mol. The van der Waals surface area contributed by atoms with Gasteiger partial charge in [0.2, 0.25) is 11.8 Å². The molecule has 0 saturated carbocycles. The van der Waals surface area contributed by atoms with Crippen molar-refractivity contribution < 1.29 is 14.4 Å². The van der Waals surface area contributed by atoms with Gasteiger partial charge in [-0.1, -0.05) is 35.9 Å². The number of thiophene rings is 1. The SMILES string of the molecule is C=CCN(Cc1ccc(Cl)s1)C(=O)CN1C(=O)Cc2ccccc2C1=O. The number of nitrogens with zero attached hydrogens (tertiary/aromatic N) is 2. The molecule has 1 aliphatic heterocycles. The third-order valence-corrected chi connectivity index (χ3v) is 5.32. The Hall–Kier alpha value is -2.44. The Labute approximate surface area is 160 Å². The number of fused-ring (bicyclic) bond motifs is 1. The molecule has 1 aromatic heterocycles. The third kappa shape index (κ3) is 3.86. The van der Waals surface area contributed by atoms with E-state index < -0.39 is 5.91 Å². The highest BCUT2D eigenvalue weighted by atomic mass is 35.5. The van der Waals surface area contributed by atoms with Gasteiger partial charge in [-0.05, 0) is 23.8 Å². The molecular formula is C19H17ClN2O3S. The summed E-state index contributed by atoms with van der Waals surface area (Å²) >= 11 is 7.33. The molecule has 0 aliphatic carbocycles. The normalized spacial score (nSPS) is 13.5. The molecule has 3 rings (SSSR count). The number of hydrogen-bond donors (Lipinski definition) is 0. The zero-order chi connectivity index (χ0) is 18.7. The predicted molar refractivity (Wildman–Crippen MR) is 101 cm³/mol. The van der Waals surface area contributed by atoms with Crippen molar-refractivity contribution in [3.05, 3.63) is 69.4 Å². The van der Waals surface area contributed by atoms with Gasteiger partial charge in [-0.3, -0.25) is 19.3 Å². The van der Waals surface area contributed by atoms with Crippen molar-refractivity contribution in [2.75, 3.05) is 13.1 Å². The molecule has 0 spiro atoms. The monoisotopic (exact) mass is 388 g/mol. The summed E-state index contributed by atoms with van der Waals surface area (Å²) in [5, 5.41) is 0. The van der Waals surface area contributed by atoms with E-state index in [9.17, 15) is 14.4 Å². The summed E-state index contributed by atoms with van der Waals surface area (Å²) in [6, 6.07) is 10.6. The van der Waals surface area contributed by atoms with Crippen molar-refractivity contribution in [1.82, 2.24) is 9.80 Å². The summed E-state index contributed by atoms with van der Waals surface area (Å²) in [7, 11) is 0. The summed E-state index contributed by atoms with van der Waals surface area (Å²) in [6.07, 6.45) is 1.74. The number of rotatable bonds is 6. The quantitative estimate of drug-likeness (QED) is 0.564. The highest BCUT2D eigenvalue weighted by Crippen LogP contribution is 2.23. The van der Waals surface area contributed by atoms with Crippen LogP contribution < -0.4 is 0 Å². The standard InChI is InChI=1S/C19H17ClN2O3S/c1-2-9-21(11-14-7-8-16(20)26-14)18(24)12-22-17(23)10-13-5-3-4-6-15(13)19(22)25/h2-8H,1,9-12H2. The number of benzene rings is 1. The molecule has 0 bridgehead atoms. The molecule has 2 heterocycles. The Kier molecular flexibility index (Phi) is 5.54. The van der Waals surface area contributed by atoms with Gasteiger partial charge in [0.15, 0.2) is 0 Å². The smallest absolute Gasteiger partial charge is 0.261 e. The Morgan fingerprint density at radius 2 is 2.04 bits per heavy atom. The van der Waals surface area contributed by atoms with Crippen LogP contribution in [-0.2, 0) is 22.6 Å². The number of carbonyl (C=O) groups is 3. The lowest BCUT2D eigenvalue weighted by Crippen LogP contribution is -2.48. The maximum Gasteiger partial charge on any atom is 0.261 e. The first-order valence-corrected chi connectivity index (χ1v) is 9.24. The first kappa shape index (κ1) is 18.4. The Morgan fingerprint density at radius 3 is 2.73 bits per heavy atom. The summed E-state index contributed by atoms with van der Waals surface area (Å²) < 4.78 is 0.643. The van der Waals surface area contributed by atoms with Gasteiger partial charge < -0.3 is 4.90 Å². The van der Waals surface area contributed by atoms with Crippen LogP contribution in [-0.4, -0.2) is 40.6 Å². The lowest BCUT2D eigenvalue weighted by molar-refractivity contribution is -0.138. The van der Waals surface area contributed by atoms with E-state index in [1.165, 1.54) is 11.3 Å². The molecule has 0 saturated heterocycles. The minimum absolute atomic E-state index is 0.122. The molecule has 0 radical (unpaired) electrons. The molecule has 0 fully saturated rings. The second-order valence-electron chi connectivity index (χ2n) is 5.89. The lowest BCUT2D eigenvalue weighted by atomic mass is 9.98. The molecule has 2 aromatic rings. The van der Waals surface area contributed by atoms with Gasteiger partial charge in [0, 0.05) is 17.0 Å². The number of halogens is 1. The molecule has 0 atom stereocenters. The summed E-state index contributed by atoms with van der Waals surface area (Å²) in [5.74, 6) is -1.10. The van der Waals surface area contributed by atoms with Crippen LogP contribution in [0.2, 0.25) is 4.34 Å². The number of imide groups is 1. The van der Waals surface area contributed by atoms with Gasteiger partial charge in [0.25, 0.3) is 5.91 Å². The van der Waals surface area contributed by atoms with E-state index >= 15 is 0 Å².